The van der Waals surface area contributed by atoms with Gasteiger partial charge in [-0.2, -0.15) is 0 Å². The Hall–Kier alpha value is -8.40. The van der Waals surface area contributed by atoms with Crippen molar-refractivity contribution in [1.82, 2.24) is 19.5 Å². The second-order valence-corrected chi connectivity index (χ2v) is 17.3. The van der Waals surface area contributed by atoms with Crippen LogP contribution >= 0.6 is 0 Å². The van der Waals surface area contributed by atoms with Gasteiger partial charge in [0, 0.05) is 5.56 Å². The summed E-state index contributed by atoms with van der Waals surface area (Å²) in [5.41, 5.74) is 3.07. The number of anilines is 1. The van der Waals surface area contributed by atoms with E-state index in [1.54, 1.807) is 63.6 Å². The van der Waals surface area contributed by atoms with Crippen molar-refractivity contribution in [3.63, 3.8) is 0 Å². The molecular formula is C59H53N5O9. The fourth-order valence-corrected chi connectivity index (χ4v) is 9.62. The van der Waals surface area contributed by atoms with Crippen LogP contribution in [-0.2, 0) is 25.4 Å². The van der Waals surface area contributed by atoms with Gasteiger partial charge in [-0.3, -0.25) is 9.36 Å². The lowest BCUT2D eigenvalue weighted by Crippen LogP contribution is -2.45. The number of fused-ring (bicyclic) bond motifs is 1. The second-order valence-electron chi connectivity index (χ2n) is 17.3. The van der Waals surface area contributed by atoms with Gasteiger partial charge in [0.25, 0.3) is 5.91 Å². The molecule has 1 amide bonds. The summed E-state index contributed by atoms with van der Waals surface area (Å²) in [4.78, 5) is 27.4. The first kappa shape index (κ1) is 48.2. The average Bonchev–Trinajstić information content (AvgIpc) is 4.03. The van der Waals surface area contributed by atoms with Crippen molar-refractivity contribution < 1.29 is 43.1 Å². The number of imidazole rings is 1. The zero-order chi connectivity index (χ0) is 50.4. The van der Waals surface area contributed by atoms with E-state index < -0.39 is 35.7 Å². The standard InChI is InChI=1S/C59H53N5O9/c1-67-46-28-20-42(21-29-46)58(40-16-10-6-11-17-40,43-22-30-47(68-2)31-23-43)71-36-50-52(65)53(57(72-50)64-38-62-51-54(60-37-61-55(51)64)63-56(66)39-14-8-5-9-15-39)73-59(41-18-12-7-13-19-41,44-24-32-48(69-3)33-25-44)45-26-34-49(70-4)35-27-45/h5-35,37-38,50,52-53,57,65H,36H2,1-4H3,(H,60,61,63,66)/t50-,52-,53-,57-/m1/s1. The molecule has 9 aromatic rings. The van der Waals surface area contributed by atoms with E-state index in [4.69, 9.17) is 43.1 Å². The molecule has 1 aliphatic rings. The maximum atomic E-state index is 13.5. The average molecular weight is 976 g/mol. The van der Waals surface area contributed by atoms with Crippen molar-refractivity contribution >= 4 is 22.9 Å². The van der Waals surface area contributed by atoms with Crippen molar-refractivity contribution in [2.45, 2.75) is 35.7 Å². The molecule has 0 spiro atoms. The molecule has 0 unspecified atom stereocenters. The molecular weight excluding hydrogens is 923 g/mol. The SMILES string of the molecule is COc1ccc(C(OC[C@H]2O[C@@H](n3cnc4c(NC(=O)c5ccccc5)ncnc43)[C@H](OC(c3ccccc3)(c3ccc(OC)cc3)c3ccc(OC)cc3)[C@@H]2O)(c2ccccc2)c2ccc(OC)cc2)cc1. The molecule has 0 saturated carbocycles. The number of nitrogens with one attached hydrogen (secondary N) is 1. The first-order chi connectivity index (χ1) is 35.8. The molecule has 2 aromatic heterocycles. The first-order valence-electron chi connectivity index (χ1n) is 23.7. The van der Waals surface area contributed by atoms with Crippen molar-refractivity contribution in [2.24, 2.45) is 0 Å². The summed E-state index contributed by atoms with van der Waals surface area (Å²) in [5, 5.41) is 16.1. The number of aliphatic hydroxyl groups is 1. The molecule has 14 nitrogen and oxygen atoms in total. The molecule has 368 valence electrons. The minimum atomic E-state index is -1.40. The Balaban J connectivity index is 1.13. The number of carbonyl (C=O) groups excluding carboxylic acids is 1. The molecule has 73 heavy (non-hydrogen) atoms. The van der Waals surface area contributed by atoms with Gasteiger partial charge in [-0.25, -0.2) is 15.0 Å². The molecule has 4 atom stereocenters. The smallest absolute Gasteiger partial charge is 0.256 e. The lowest BCUT2D eigenvalue weighted by atomic mass is 9.79. The summed E-state index contributed by atoms with van der Waals surface area (Å²) in [6, 6.07) is 59.3. The normalized spacial score (nSPS) is 16.7. The largest absolute Gasteiger partial charge is 0.497 e. The van der Waals surface area contributed by atoms with E-state index in [9.17, 15) is 9.90 Å². The fourth-order valence-electron chi connectivity index (χ4n) is 9.62. The third kappa shape index (κ3) is 9.24. The van der Waals surface area contributed by atoms with Gasteiger partial charge in [-0.15, -0.1) is 0 Å². The number of hydrogen-bond donors (Lipinski definition) is 2. The summed E-state index contributed by atoms with van der Waals surface area (Å²) in [6.45, 7) is -0.145. The van der Waals surface area contributed by atoms with Gasteiger partial charge in [0.1, 0.15) is 58.8 Å². The summed E-state index contributed by atoms with van der Waals surface area (Å²) in [5.74, 6) is 2.46. The molecule has 3 heterocycles. The van der Waals surface area contributed by atoms with Crippen LogP contribution < -0.4 is 24.3 Å². The van der Waals surface area contributed by atoms with Gasteiger partial charge in [-0.1, -0.05) is 127 Å². The predicted molar refractivity (Wildman–Crippen MR) is 275 cm³/mol. The van der Waals surface area contributed by atoms with Crippen LogP contribution in [0.5, 0.6) is 23.0 Å². The third-order valence-corrected chi connectivity index (χ3v) is 13.3. The zero-order valence-corrected chi connectivity index (χ0v) is 40.6. The molecule has 1 fully saturated rings. The van der Waals surface area contributed by atoms with E-state index in [0.717, 1.165) is 33.4 Å². The van der Waals surface area contributed by atoms with Gasteiger partial charge in [0.2, 0.25) is 0 Å². The number of amides is 1. The lowest BCUT2D eigenvalue weighted by Gasteiger charge is -2.40. The Kier molecular flexibility index (Phi) is 14.0. The van der Waals surface area contributed by atoms with E-state index in [0.29, 0.717) is 39.7 Å². The number of aromatic nitrogens is 4. The number of nitrogens with zero attached hydrogens (tertiary/aromatic N) is 4. The monoisotopic (exact) mass is 975 g/mol. The van der Waals surface area contributed by atoms with Crippen LogP contribution in [0, 0.1) is 0 Å². The number of rotatable bonds is 18. The number of hydrogen-bond acceptors (Lipinski definition) is 12. The van der Waals surface area contributed by atoms with E-state index in [1.165, 1.54) is 6.33 Å². The number of aliphatic hydroxyl groups excluding tert-OH is 1. The van der Waals surface area contributed by atoms with Gasteiger partial charge >= 0.3 is 0 Å². The van der Waals surface area contributed by atoms with Crippen molar-refractivity contribution in [1.29, 1.82) is 0 Å². The highest BCUT2D eigenvalue weighted by atomic mass is 16.6. The Morgan fingerprint density at radius 1 is 0.562 bits per heavy atom. The lowest BCUT2D eigenvalue weighted by molar-refractivity contribution is -0.123. The molecule has 1 aliphatic heterocycles. The topological polar surface area (TPSA) is 158 Å². The highest BCUT2D eigenvalue weighted by Gasteiger charge is 2.53. The first-order valence-corrected chi connectivity index (χ1v) is 23.7. The Morgan fingerprint density at radius 3 is 1.45 bits per heavy atom. The molecule has 7 aromatic carbocycles. The van der Waals surface area contributed by atoms with Gasteiger partial charge in [-0.05, 0) is 94.0 Å². The van der Waals surface area contributed by atoms with Crippen LogP contribution in [-0.4, -0.2) is 83.9 Å². The van der Waals surface area contributed by atoms with Crippen LogP contribution in [0.3, 0.4) is 0 Å². The van der Waals surface area contributed by atoms with E-state index in [1.807, 2.05) is 164 Å². The summed E-state index contributed by atoms with van der Waals surface area (Å²) in [6.07, 6.45) is -1.76. The third-order valence-electron chi connectivity index (χ3n) is 13.3. The van der Waals surface area contributed by atoms with E-state index in [-0.39, 0.29) is 18.3 Å². The maximum Gasteiger partial charge on any atom is 0.256 e. The highest BCUT2D eigenvalue weighted by molar-refractivity contribution is 6.06. The zero-order valence-electron chi connectivity index (χ0n) is 40.6. The summed E-state index contributed by atoms with van der Waals surface area (Å²) in [7, 11) is 6.48. The maximum absolute atomic E-state index is 13.5. The van der Waals surface area contributed by atoms with Crippen molar-refractivity contribution in [3.05, 3.63) is 240 Å². The Bertz CT molecular complexity index is 3160. The van der Waals surface area contributed by atoms with Gasteiger partial charge in [0.05, 0.1) is 41.4 Å². The van der Waals surface area contributed by atoms with Gasteiger partial charge in [0.15, 0.2) is 23.2 Å². The van der Waals surface area contributed by atoms with Crippen molar-refractivity contribution in [3.8, 4) is 23.0 Å². The van der Waals surface area contributed by atoms with Crippen LogP contribution in [0.4, 0.5) is 5.82 Å². The van der Waals surface area contributed by atoms with Crippen molar-refractivity contribution in [2.75, 3.05) is 40.4 Å². The number of methoxy groups -OCH3 is 4. The highest BCUT2D eigenvalue weighted by Crippen LogP contribution is 2.48. The predicted octanol–water partition coefficient (Wildman–Crippen LogP) is 9.76. The van der Waals surface area contributed by atoms with Crippen LogP contribution in [0.25, 0.3) is 11.2 Å². The molecule has 2 N–H and O–H groups in total. The molecule has 0 aliphatic carbocycles. The molecule has 0 radical (unpaired) electrons. The molecule has 1 saturated heterocycles. The van der Waals surface area contributed by atoms with Gasteiger partial charge < -0.3 is 43.6 Å². The van der Waals surface area contributed by atoms with E-state index >= 15 is 0 Å². The van der Waals surface area contributed by atoms with Crippen LogP contribution in [0.2, 0.25) is 0 Å². The number of benzene rings is 7. The minimum absolute atomic E-state index is 0.145. The minimum Gasteiger partial charge on any atom is -0.497 e. The fraction of sp³-hybridized carbons (Fsp3) is 0.186. The summed E-state index contributed by atoms with van der Waals surface area (Å²) < 4.78 is 46.4. The molecule has 0 bridgehead atoms. The number of ether oxygens (including phenoxy) is 7. The quantitative estimate of drug-likeness (QED) is 0.0786. The number of carbonyl (C=O) groups is 1. The second kappa shape index (κ2) is 21.1. The Morgan fingerprint density at radius 2 is 0.986 bits per heavy atom. The molecule has 10 rings (SSSR count). The van der Waals surface area contributed by atoms with E-state index in [2.05, 4.69) is 10.3 Å². The Labute approximate surface area is 422 Å². The van der Waals surface area contributed by atoms with Crippen LogP contribution in [0.1, 0.15) is 50.0 Å². The summed E-state index contributed by atoms with van der Waals surface area (Å²) >= 11 is 0. The molecule has 14 heteroatoms. The van der Waals surface area contributed by atoms with Crippen LogP contribution in [0.15, 0.2) is 201 Å².